The molecular formula is C22H20F2N6O. The second-order valence-corrected chi connectivity index (χ2v) is 7.85. The molecule has 0 bridgehead atoms. The zero-order valence-electron chi connectivity index (χ0n) is 16.8. The molecule has 9 heteroatoms. The van der Waals surface area contributed by atoms with E-state index in [0.717, 1.165) is 28.5 Å². The third-order valence-electron chi connectivity index (χ3n) is 5.24. The first-order valence-electron chi connectivity index (χ1n) is 10.0. The molecule has 0 radical (unpaired) electrons. The van der Waals surface area contributed by atoms with Crippen LogP contribution in [0.2, 0.25) is 0 Å². The third-order valence-corrected chi connectivity index (χ3v) is 5.24. The molecule has 1 aromatic carbocycles. The van der Waals surface area contributed by atoms with E-state index in [0.29, 0.717) is 17.9 Å². The summed E-state index contributed by atoms with van der Waals surface area (Å²) in [5, 5.41) is 11.1. The maximum absolute atomic E-state index is 13.5. The maximum atomic E-state index is 13.5. The lowest BCUT2D eigenvalue weighted by molar-refractivity contribution is 0.102. The number of carbonyl (C=O) groups excluding carboxylic acids is 1. The number of nitrogens with one attached hydrogen (secondary N) is 1. The number of anilines is 1. The van der Waals surface area contributed by atoms with Crippen molar-refractivity contribution in [3.63, 3.8) is 0 Å². The van der Waals surface area contributed by atoms with Crippen molar-refractivity contribution in [2.24, 2.45) is 0 Å². The lowest BCUT2D eigenvalue weighted by Gasteiger charge is -2.06. The Hall–Kier alpha value is -3.62. The van der Waals surface area contributed by atoms with Crippen LogP contribution in [0, 0.1) is 6.92 Å². The number of fused-ring (bicyclic) bond motifs is 1. The molecule has 31 heavy (non-hydrogen) atoms. The van der Waals surface area contributed by atoms with E-state index in [9.17, 15) is 13.6 Å². The number of alkyl halides is 2. The van der Waals surface area contributed by atoms with Crippen molar-refractivity contribution >= 4 is 17.2 Å². The molecule has 158 valence electrons. The Balaban J connectivity index is 1.36. The largest absolute Gasteiger partial charge is 0.318 e. The number of benzene rings is 1. The fraction of sp³-hybridized carbons (Fsp3) is 0.273. The molecule has 5 rings (SSSR count). The number of hydrogen-bond donors (Lipinski definition) is 1. The summed E-state index contributed by atoms with van der Waals surface area (Å²) in [5.74, 6) is -0.289. The van der Waals surface area contributed by atoms with Crippen LogP contribution >= 0.6 is 0 Å². The number of halogens is 2. The SMILES string of the molecule is Cc1cccc(Cn2cc(NC(=O)c3cc4nc(C5CC5)cc(C(F)F)n4n3)cn2)c1. The van der Waals surface area contributed by atoms with E-state index < -0.39 is 12.3 Å². The van der Waals surface area contributed by atoms with Crippen LogP contribution < -0.4 is 5.32 Å². The van der Waals surface area contributed by atoms with Crippen molar-refractivity contribution in [2.75, 3.05) is 5.32 Å². The molecule has 1 fully saturated rings. The molecule has 1 amide bonds. The molecule has 1 saturated carbocycles. The van der Waals surface area contributed by atoms with E-state index in [2.05, 4.69) is 26.6 Å². The molecule has 1 aliphatic rings. The zero-order chi connectivity index (χ0) is 21.5. The predicted octanol–water partition coefficient (Wildman–Crippen LogP) is 4.35. The number of aromatic nitrogens is 5. The molecule has 0 unspecified atom stereocenters. The van der Waals surface area contributed by atoms with E-state index in [1.165, 1.54) is 18.3 Å². The molecule has 3 heterocycles. The van der Waals surface area contributed by atoms with Gasteiger partial charge in [0.25, 0.3) is 12.3 Å². The fourth-order valence-electron chi connectivity index (χ4n) is 3.58. The van der Waals surface area contributed by atoms with Gasteiger partial charge in [-0.15, -0.1) is 0 Å². The summed E-state index contributed by atoms with van der Waals surface area (Å²) in [6, 6.07) is 10.9. The van der Waals surface area contributed by atoms with Gasteiger partial charge in [0.2, 0.25) is 0 Å². The Morgan fingerprint density at radius 1 is 1.26 bits per heavy atom. The molecule has 7 nitrogen and oxygen atoms in total. The average molecular weight is 422 g/mol. The number of hydrogen-bond acceptors (Lipinski definition) is 4. The van der Waals surface area contributed by atoms with Gasteiger partial charge >= 0.3 is 0 Å². The smallest absolute Gasteiger partial charge is 0.280 e. The maximum Gasteiger partial charge on any atom is 0.280 e. The summed E-state index contributed by atoms with van der Waals surface area (Å²) in [4.78, 5) is 17.1. The van der Waals surface area contributed by atoms with E-state index >= 15 is 0 Å². The first-order valence-corrected chi connectivity index (χ1v) is 10.0. The molecular weight excluding hydrogens is 402 g/mol. The summed E-state index contributed by atoms with van der Waals surface area (Å²) in [6.45, 7) is 2.59. The van der Waals surface area contributed by atoms with E-state index in [1.807, 2.05) is 25.1 Å². The van der Waals surface area contributed by atoms with E-state index in [1.54, 1.807) is 10.9 Å². The number of carbonyl (C=O) groups is 1. The minimum Gasteiger partial charge on any atom is -0.318 e. The van der Waals surface area contributed by atoms with Crippen molar-refractivity contribution in [2.45, 2.75) is 38.7 Å². The summed E-state index contributed by atoms with van der Waals surface area (Å²) in [5.41, 5.74) is 3.40. The Morgan fingerprint density at radius 2 is 2.10 bits per heavy atom. The van der Waals surface area contributed by atoms with Gasteiger partial charge in [-0.1, -0.05) is 29.8 Å². The van der Waals surface area contributed by atoms with Crippen LogP contribution in [0.5, 0.6) is 0 Å². The molecule has 1 aliphatic carbocycles. The third kappa shape index (κ3) is 4.03. The van der Waals surface area contributed by atoms with Gasteiger partial charge in [0.1, 0.15) is 5.69 Å². The quantitative estimate of drug-likeness (QED) is 0.501. The first-order chi connectivity index (χ1) is 15.0. The van der Waals surface area contributed by atoms with Crippen molar-refractivity contribution in [1.82, 2.24) is 24.4 Å². The van der Waals surface area contributed by atoms with Crippen molar-refractivity contribution in [1.29, 1.82) is 0 Å². The Bertz CT molecular complexity index is 1270. The minimum atomic E-state index is -2.71. The number of amides is 1. The highest BCUT2D eigenvalue weighted by atomic mass is 19.3. The van der Waals surface area contributed by atoms with Crippen LogP contribution in [0.25, 0.3) is 5.65 Å². The van der Waals surface area contributed by atoms with Crippen LogP contribution in [0.4, 0.5) is 14.5 Å². The monoisotopic (exact) mass is 422 g/mol. The molecule has 0 saturated heterocycles. The van der Waals surface area contributed by atoms with Crippen LogP contribution in [-0.4, -0.2) is 30.3 Å². The second-order valence-electron chi connectivity index (χ2n) is 7.85. The highest BCUT2D eigenvalue weighted by Crippen LogP contribution is 2.40. The number of nitrogens with zero attached hydrogens (tertiary/aromatic N) is 5. The van der Waals surface area contributed by atoms with Crippen molar-refractivity contribution < 1.29 is 13.6 Å². The van der Waals surface area contributed by atoms with Gasteiger partial charge in [0.05, 0.1) is 18.4 Å². The normalized spacial score (nSPS) is 13.8. The predicted molar refractivity (Wildman–Crippen MR) is 110 cm³/mol. The van der Waals surface area contributed by atoms with Gasteiger partial charge in [-0.05, 0) is 31.4 Å². The van der Waals surface area contributed by atoms with Gasteiger partial charge in [0.15, 0.2) is 11.3 Å². The van der Waals surface area contributed by atoms with Gasteiger partial charge < -0.3 is 5.32 Å². The molecule has 0 atom stereocenters. The van der Waals surface area contributed by atoms with Crippen molar-refractivity contribution in [3.05, 3.63) is 77.0 Å². The Labute approximate surface area is 176 Å². The summed E-state index contributed by atoms with van der Waals surface area (Å²) < 4.78 is 29.8. The topological polar surface area (TPSA) is 77.1 Å². The van der Waals surface area contributed by atoms with Crippen molar-refractivity contribution in [3.8, 4) is 0 Å². The number of rotatable bonds is 6. The number of aryl methyl sites for hydroxylation is 1. The highest BCUT2D eigenvalue weighted by molar-refractivity contribution is 6.03. The van der Waals surface area contributed by atoms with Gasteiger partial charge in [-0.25, -0.2) is 18.3 Å². The summed E-state index contributed by atoms with van der Waals surface area (Å²) in [7, 11) is 0. The standard InChI is InChI=1S/C22H20F2N6O/c1-13-3-2-4-14(7-13)11-29-12-16(10-25-29)26-22(31)18-9-20-27-17(15-5-6-15)8-19(21(23)24)30(20)28-18/h2-4,7-10,12,15,21H,5-6,11H2,1H3,(H,26,31). The fourth-order valence-corrected chi connectivity index (χ4v) is 3.58. The molecule has 1 N–H and O–H groups in total. The van der Waals surface area contributed by atoms with Crippen LogP contribution in [0.3, 0.4) is 0 Å². The highest BCUT2D eigenvalue weighted by Gasteiger charge is 2.28. The van der Waals surface area contributed by atoms with Gasteiger partial charge in [-0.2, -0.15) is 10.2 Å². The van der Waals surface area contributed by atoms with Crippen LogP contribution in [0.1, 0.15) is 58.2 Å². The average Bonchev–Trinajstić information content (AvgIpc) is 3.35. The van der Waals surface area contributed by atoms with E-state index in [4.69, 9.17) is 0 Å². The molecule has 4 aromatic rings. The summed E-state index contributed by atoms with van der Waals surface area (Å²) in [6.07, 6.45) is 2.43. The Kier molecular flexibility index (Phi) is 4.72. The van der Waals surface area contributed by atoms with E-state index in [-0.39, 0.29) is 23.0 Å². The van der Waals surface area contributed by atoms with Crippen LogP contribution in [0.15, 0.2) is 48.8 Å². The second kappa shape index (κ2) is 7.57. The molecule has 0 aliphatic heterocycles. The Morgan fingerprint density at radius 3 is 2.84 bits per heavy atom. The minimum absolute atomic E-state index is 0.0220. The lowest BCUT2D eigenvalue weighted by atomic mass is 10.1. The first kappa shape index (κ1) is 19.3. The molecule has 0 spiro atoms. The van der Waals surface area contributed by atoms with Gasteiger partial charge in [-0.3, -0.25) is 9.48 Å². The molecule has 3 aromatic heterocycles. The van der Waals surface area contributed by atoms with Gasteiger partial charge in [0, 0.05) is 23.9 Å². The lowest BCUT2D eigenvalue weighted by Crippen LogP contribution is -2.12. The van der Waals surface area contributed by atoms with Crippen LogP contribution in [-0.2, 0) is 6.54 Å². The zero-order valence-corrected chi connectivity index (χ0v) is 16.8. The summed E-state index contributed by atoms with van der Waals surface area (Å²) >= 11 is 0.